The Morgan fingerprint density at radius 3 is 2.54 bits per heavy atom. The largest absolute Gasteiger partial charge is 0.355 e. The monoisotopic (exact) mass is 187 g/mol. The normalized spacial score (nSPS) is 13.0. The first-order valence-corrected chi connectivity index (χ1v) is 4.89. The topological polar surface area (TPSA) is 58.4 Å². The van der Waals surface area contributed by atoms with Crippen LogP contribution in [-0.4, -0.2) is 43.0 Å². The summed E-state index contributed by atoms with van der Waals surface area (Å²) in [6, 6.07) is -0.0755. The first-order chi connectivity index (χ1) is 6.17. The molecule has 4 heteroatoms. The molecule has 0 saturated carbocycles. The summed E-state index contributed by atoms with van der Waals surface area (Å²) in [7, 11) is 0. The maximum absolute atomic E-state index is 11.4. The molecule has 0 radical (unpaired) electrons. The molecule has 0 aliphatic carbocycles. The predicted octanol–water partition coefficient (Wildman–Crippen LogP) is -0.208. The molecule has 0 aliphatic heterocycles. The Morgan fingerprint density at radius 1 is 1.54 bits per heavy atom. The van der Waals surface area contributed by atoms with Crippen molar-refractivity contribution in [1.82, 2.24) is 10.2 Å². The van der Waals surface area contributed by atoms with Crippen molar-refractivity contribution in [3.63, 3.8) is 0 Å². The summed E-state index contributed by atoms with van der Waals surface area (Å²) in [5.74, 6) is 0.0813. The van der Waals surface area contributed by atoms with Crippen molar-refractivity contribution in [3.8, 4) is 0 Å². The molecule has 3 N–H and O–H groups in total. The van der Waals surface area contributed by atoms with Crippen LogP contribution in [0.4, 0.5) is 0 Å². The first-order valence-electron chi connectivity index (χ1n) is 4.89. The van der Waals surface area contributed by atoms with Gasteiger partial charge in [-0.1, -0.05) is 6.92 Å². The quantitative estimate of drug-likeness (QED) is 0.605. The van der Waals surface area contributed by atoms with Crippen LogP contribution in [0.1, 0.15) is 20.8 Å². The lowest BCUT2D eigenvalue weighted by atomic mass is 10.2. The van der Waals surface area contributed by atoms with Crippen molar-refractivity contribution in [2.75, 3.05) is 26.2 Å². The summed E-state index contributed by atoms with van der Waals surface area (Å²) in [6.45, 7) is 8.77. The van der Waals surface area contributed by atoms with Crippen LogP contribution in [0.3, 0.4) is 0 Å². The van der Waals surface area contributed by atoms with Gasteiger partial charge in [-0.2, -0.15) is 0 Å². The van der Waals surface area contributed by atoms with Crippen LogP contribution in [0.15, 0.2) is 0 Å². The number of nitrogens with two attached hydrogens (primary N) is 1. The van der Waals surface area contributed by atoms with E-state index >= 15 is 0 Å². The molecule has 0 aromatic heterocycles. The van der Waals surface area contributed by atoms with Gasteiger partial charge < -0.3 is 11.1 Å². The molecule has 0 heterocycles. The Balaban J connectivity index is 4.02. The average Bonchev–Trinajstić information content (AvgIpc) is 2.13. The smallest absolute Gasteiger partial charge is 0.237 e. The maximum atomic E-state index is 11.4. The van der Waals surface area contributed by atoms with E-state index in [4.69, 9.17) is 5.73 Å². The van der Waals surface area contributed by atoms with E-state index in [0.717, 1.165) is 13.1 Å². The minimum atomic E-state index is -0.0755. The number of carbonyl (C=O) groups is 1. The van der Waals surface area contributed by atoms with E-state index in [1.165, 1.54) is 0 Å². The molecule has 0 bridgehead atoms. The van der Waals surface area contributed by atoms with E-state index in [2.05, 4.69) is 10.2 Å². The number of rotatable bonds is 6. The van der Waals surface area contributed by atoms with Gasteiger partial charge in [-0.25, -0.2) is 0 Å². The lowest BCUT2D eigenvalue weighted by Crippen LogP contribution is -2.46. The number of nitrogens with one attached hydrogen (secondary N) is 1. The Kier molecular flexibility index (Phi) is 6.54. The second-order valence-corrected chi connectivity index (χ2v) is 2.99. The molecule has 0 spiro atoms. The number of hydrogen-bond acceptors (Lipinski definition) is 3. The van der Waals surface area contributed by atoms with E-state index in [1.54, 1.807) is 0 Å². The molecule has 1 unspecified atom stereocenters. The standard InChI is InChI=1S/C9H21N3O/c1-4-11-9(13)8(3)12(5-2)7-6-10/h8H,4-7,10H2,1-3H3,(H,11,13). The van der Waals surface area contributed by atoms with Gasteiger partial charge in [-0.15, -0.1) is 0 Å². The Bertz CT molecular complexity index is 150. The molecular weight excluding hydrogens is 166 g/mol. The third kappa shape index (κ3) is 4.24. The molecule has 0 aliphatic rings. The fraction of sp³-hybridized carbons (Fsp3) is 0.889. The van der Waals surface area contributed by atoms with E-state index in [-0.39, 0.29) is 11.9 Å². The summed E-state index contributed by atoms with van der Waals surface area (Å²) in [5, 5.41) is 2.80. The maximum Gasteiger partial charge on any atom is 0.237 e. The third-order valence-electron chi connectivity index (χ3n) is 2.10. The van der Waals surface area contributed by atoms with Crippen LogP contribution in [0, 0.1) is 0 Å². The van der Waals surface area contributed by atoms with E-state index in [0.29, 0.717) is 13.1 Å². The molecule has 13 heavy (non-hydrogen) atoms. The van der Waals surface area contributed by atoms with E-state index < -0.39 is 0 Å². The Morgan fingerprint density at radius 2 is 2.15 bits per heavy atom. The lowest BCUT2D eigenvalue weighted by Gasteiger charge is -2.25. The zero-order valence-electron chi connectivity index (χ0n) is 8.84. The number of nitrogens with zero attached hydrogens (tertiary/aromatic N) is 1. The second kappa shape index (κ2) is 6.86. The van der Waals surface area contributed by atoms with Crippen LogP contribution in [0.5, 0.6) is 0 Å². The van der Waals surface area contributed by atoms with Crippen LogP contribution >= 0.6 is 0 Å². The molecule has 0 aromatic carbocycles. The highest BCUT2D eigenvalue weighted by atomic mass is 16.2. The van der Waals surface area contributed by atoms with Crippen molar-refractivity contribution < 1.29 is 4.79 Å². The van der Waals surface area contributed by atoms with Gasteiger partial charge in [0.2, 0.25) is 5.91 Å². The molecular formula is C9H21N3O. The predicted molar refractivity (Wildman–Crippen MR) is 54.4 cm³/mol. The van der Waals surface area contributed by atoms with Gasteiger partial charge >= 0.3 is 0 Å². The number of hydrogen-bond donors (Lipinski definition) is 2. The van der Waals surface area contributed by atoms with Crippen LogP contribution in [0.2, 0.25) is 0 Å². The summed E-state index contributed by atoms with van der Waals surface area (Å²) >= 11 is 0. The number of likely N-dealkylation sites (N-methyl/N-ethyl adjacent to an activating group) is 2. The van der Waals surface area contributed by atoms with Crippen LogP contribution in [0.25, 0.3) is 0 Å². The zero-order valence-corrected chi connectivity index (χ0v) is 8.84. The summed E-state index contributed by atoms with van der Waals surface area (Å²) in [6.07, 6.45) is 0. The highest BCUT2D eigenvalue weighted by Crippen LogP contribution is 1.97. The molecule has 0 saturated heterocycles. The van der Waals surface area contributed by atoms with E-state index in [1.807, 2.05) is 20.8 Å². The lowest BCUT2D eigenvalue weighted by molar-refractivity contribution is -0.125. The second-order valence-electron chi connectivity index (χ2n) is 2.99. The van der Waals surface area contributed by atoms with Gasteiger partial charge in [0.25, 0.3) is 0 Å². The minimum absolute atomic E-state index is 0.0755. The number of amides is 1. The molecule has 0 aromatic rings. The molecule has 1 amide bonds. The summed E-state index contributed by atoms with van der Waals surface area (Å²) in [4.78, 5) is 13.5. The highest BCUT2D eigenvalue weighted by molar-refractivity contribution is 5.81. The fourth-order valence-corrected chi connectivity index (χ4v) is 1.28. The third-order valence-corrected chi connectivity index (χ3v) is 2.10. The van der Waals surface area contributed by atoms with Gasteiger partial charge in [0.05, 0.1) is 6.04 Å². The minimum Gasteiger partial charge on any atom is -0.355 e. The van der Waals surface area contributed by atoms with Gasteiger partial charge in [-0.05, 0) is 20.4 Å². The van der Waals surface area contributed by atoms with Gasteiger partial charge in [0.15, 0.2) is 0 Å². The SMILES string of the molecule is CCNC(=O)C(C)N(CC)CCN. The molecule has 1 atom stereocenters. The van der Waals surface area contributed by atoms with Gasteiger partial charge in [0, 0.05) is 19.6 Å². The Labute approximate surface area is 80.5 Å². The van der Waals surface area contributed by atoms with Gasteiger partial charge in [0.1, 0.15) is 0 Å². The van der Waals surface area contributed by atoms with Crippen molar-refractivity contribution in [3.05, 3.63) is 0 Å². The first kappa shape index (κ1) is 12.4. The van der Waals surface area contributed by atoms with Crippen molar-refractivity contribution in [2.24, 2.45) is 5.73 Å². The van der Waals surface area contributed by atoms with Crippen LogP contribution in [-0.2, 0) is 4.79 Å². The van der Waals surface area contributed by atoms with Crippen molar-refractivity contribution in [1.29, 1.82) is 0 Å². The van der Waals surface area contributed by atoms with E-state index in [9.17, 15) is 4.79 Å². The summed E-state index contributed by atoms with van der Waals surface area (Å²) in [5.41, 5.74) is 5.44. The Hall–Kier alpha value is -0.610. The molecule has 0 rings (SSSR count). The zero-order chi connectivity index (χ0) is 10.3. The average molecular weight is 187 g/mol. The van der Waals surface area contributed by atoms with Crippen molar-refractivity contribution >= 4 is 5.91 Å². The molecule has 78 valence electrons. The number of carbonyl (C=O) groups excluding carboxylic acids is 1. The summed E-state index contributed by atoms with van der Waals surface area (Å²) < 4.78 is 0. The fourth-order valence-electron chi connectivity index (χ4n) is 1.28. The highest BCUT2D eigenvalue weighted by Gasteiger charge is 2.17. The van der Waals surface area contributed by atoms with Gasteiger partial charge in [-0.3, -0.25) is 9.69 Å². The molecule has 0 fully saturated rings. The van der Waals surface area contributed by atoms with Crippen molar-refractivity contribution in [2.45, 2.75) is 26.8 Å². The van der Waals surface area contributed by atoms with Crippen LogP contribution < -0.4 is 11.1 Å². The molecule has 4 nitrogen and oxygen atoms in total.